The number of anilines is 1. The van der Waals surface area contributed by atoms with Crippen molar-refractivity contribution in [3.05, 3.63) is 69.2 Å². The number of rotatable bonds is 3. The Labute approximate surface area is 131 Å². The summed E-state index contributed by atoms with van der Waals surface area (Å²) in [5, 5.41) is 13.3. The zero-order chi connectivity index (χ0) is 15.5. The smallest absolute Gasteiger partial charge is 0.253 e. The zero-order valence-corrected chi connectivity index (χ0v) is 12.2. The topological polar surface area (TPSA) is 81.6 Å². The summed E-state index contributed by atoms with van der Waals surface area (Å²) in [6, 6.07) is 12.5. The number of aromatic nitrogens is 2. The second kappa shape index (κ2) is 5.88. The molecule has 0 unspecified atom stereocenters. The summed E-state index contributed by atoms with van der Waals surface area (Å²) >= 11 is 5.97. The summed E-state index contributed by atoms with van der Waals surface area (Å²) in [5.41, 5.74) is 2.29. The lowest BCUT2D eigenvalue weighted by atomic mass is 10.1. The highest BCUT2D eigenvalue weighted by molar-refractivity contribution is 6.31. The van der Waals surface area contributed by atoms with Crippen molar-refractivity contribution < 1.29 is 0 Å². The number of H-pyrrole nitrogens is 1. The first-order chi connectivity index (χ1) is 10.7. The van der Waals surface area contributed by atoms with Gasteiger partial charge in [-0.2, -0.15) is 5.26 Å². The van der Waals surface area contributed by atoms with Gasteiger partial charge in [0.2, 0.25) is 0 Å². The number of benzene rings is 1. The molecule has 6 heteroatoms. The molecule has 0 aliphatic carbocycles. The predicted octanol–water partition coefficient (Wildman–Crippen LogP) is 3.06. The fourth-order valence-electron chi connectivity index (χ4n) is 2.12. The first kappa shape index (κ1) is 14.1. The highest BCUT2D eigenvalue weighted by atomic mass is 35.5. The van der Waals surface area contributed by atoms with Crippen LogP contribution in [-0.4, -0.2) is 9.97 Å². The molecule has 0 fully saturated rings. The molecule has 0 saturated carbocycles. The lowest BCUT2D eigenvalue weighted by Gasteiger charge is -2.07. The Morgan fingerprint density at radius 2 is 2.14 bits per heavy atom. The second-order valence-corrected chi connectivity index (χ2v) is 5.19. The van der Waals surface area contributed by atoms with E-state index in [1.807, 2.05) is 12.1 Å². The first-order valence-corrected chi connectivity index (χ1v) is 6.95. The highest BCUT2D eigenvalue weighted by Crippen LogP contribution is 2.17. The standard InChI is InChI=1S/C16H11ClN4O/c17-12-1-4-15-10(6-12)5-11(16(22)21-15)8-19-14-3-2-13(7-18)20-9-14/h1-6,9,19H,8H2,(H,21,22). The van der Waals surface area contributed by atoms with Crippen LogP contribution in [0, 0.1) is 11.3 Å². The summed E-state index contributed by atoms with van der Waals surface area (Å²) in [4.78, 5) is 18.8. The van der Waals surface area contributed by atoms with Gasteiger partial charge in [-0.05, 0) is 36.4 Å². The van der Waals surface area contributed by atoms with Gasteiger partial charge in [0.1, 0.15) is 11.8 Å². The van der Waals surface area contributed by atoms with Gasteiger partial charge in [0.05, 0.1) is 11.9 Å². The molecule has 108 valence electrons. The largest absolute Gasteiger partial charge is 0.380 e. The Hall–Kier alpha value is -2.84. The average Bonchev–Trinajstić information content (AvgIpc) is 2.54. The van der Waals surface area contributed by atoms with Crippen molar-refractivity contribution >= 4 is 28.2 Å². The van der Waals surface area contributed by atoms with E-state index in [1.54, 1.807) is 36.5 Å². The molecule has 2 heterocycles. The number of hydrogen-bond donors (Lipinski definition) is 2. The monoisotopic (exact) mass is 310 g/mol. The Balaban J connectivity index is 1.85. The van der Waals surface area contributed by atoms with Gasteiger partial charge in [-0.15, -0.1) is 0 Å². The Morgan fingerprint density at radius 3 is 2.86 bits per heavy atom. The number of fused-ring (bicyclic) bond motifs is 1. The van der Waals surface area contributed by atoms with Crippen LogP contribution in [0.3, 0.4) is 0 Å². The minimum atomic E-state index is -0.149. The van der Waals surface area contributed by atoms with Gasteiger partial charge in [0, 0.05) is 28.0 Å². The van der Waals surface area contributed by atoms with Crippen LogP contribution in [-0.2, 0) is 6.54 Å². The maximum absolute atomic E-state index is 12.1. The van der Waals surface area contributed by atoms with Crippen molar-refractivity contribution in [2.75, 3.05) is 5.32 Å². The normalized spacial score (nSPS) is 10.4. The van der Waals surface area contributed by atoms with Crippen LogP contribution in [0.2, 0.25) is 5.02 Å². The number of nitrogens with one attached hydrogen (secondary N) is 2. The summed E-state index contributed by atoms with van der Waals surface area (Å²) in [6.45, 7) is 0.353. The quantitative estimate of drug-likeness (QED) is 0.779. The lowest BCUT2D eigenvalue weighted by molar-refractivity contribution is 1.08. The van der Waals surface area contributed by atoms with E-state index >= 15 is 0 Å². The van der Waals surface area contributed by atoms with E-state index in [-0.39, 0.29) is 5.56 Å². The van der Waals surface area contributed by atoms with E-state index < -0.39 is 0 Å². The number of pyridine rings is 2. The Kier molecular flexibility index (Phi) is 3.77. The third-order valence-corrected chi connectivity index (χ3v) is 3.48. The first-order valence-electron chi connectivity index (χ1n) is 6.57. The number of halogens is 1. The van der Waals surface area contributed by atoms with Crippen LogP contribution in [0.5, 0.6) is 0 Å². The Morgan fingerprint density at radius 1 is 1.27 bits per heavy atom. The van der Waals surface area contributed by atoms with Crippen molar-refractivity contribution in [1.29, 1.82) is 5.26 Å². The molecule has 0 amide bonds. The number of nitriles is 1. The summed E-state index contributed by atoms with van der Waals surface area (Å²) < 4.78 is 0. The van der Waals surface area contributed by atoms with Gasteiger partial charge in [-0.3, -0.25) is 4.79 Å². The molecule has 22 heavy (non-hydrogen) atoms. The maximum Gasteiger partial charge on any atom is 0.253 e. The zero-order valence-electron chi connectivity index (χ0n) is 11.4. The minimum Gasteiger partial charge on any atom is -0.380 e. The van der Waals surface area contributed by atoms with Crippen molar-refractivity contribution in [3.63, 3.8) is 0 Å². The number of nitrogens with zero attached hydrogens (tertiary/aromatic N) is 2. The van der Waals surface area contributed by atoms with E-state index in [1.165, 1.54) is 0 Å². The van der Waals surface area contributed by atoms with E-state index in [0.29, 0.717) is 22.8 Å². The molecule has 0 aliphatic heterocycles. The third kappa shape index (κ3) is 2.92. The highest BCUT2D eigenvalue weighted by Gasteiger charge is 2.04. The van der Waals surface area contributed by atoms with Gasteiger partial charge >= 0.3 is 0 Å². The summed E-state index contributed by atoms with van der Waals surface area (Å²) in [5.74, 6) is 0. The fourth-order valence-corrected chi connectivity index (χ4v) is 2.30. The van der Waals surface area contributed by atoms with Crippen LogP contribution in [0.25, 0.3) is 10.9 Å². The van der Waals surface area contributed by atoms with Crippen molar-refractivity contribution in [3.8, 4) is 6.07 Å². The second-order valence-electron chi connectivity index (χ2n) is 4.75. The molecule has 0 aliphatic rings. The van der Waals surface area contributed by atoms with Gasteiger partial charge in [-0.25, -0.2) is 4.98 Å². The van der Waals surface area contributed by atoms with Crippen molar-refractivity contribution in [1.82, 2.24) is 9.97 Å². The molecule has 1 aromatic carbocycles. The molecule has 2 N–H and O–H groups in total. The SMILES string of the molecule is N#Cc1ccc(NCc2cc3cc(Cl)ccc3[nH]c2=O)cn1. The molecule has 2 aromatic heterocycles. The minimum absolute atomic E-state index is 0.149. The molecule has 3 aromatic rings. The van der Waals surface area contributed by atoms with Crippen LogP contribution in [0.1, 0.15) is 11.3 Å². The third-order valence-electron chi connectivity index (χ3n) is 3.24. The van der Waals surface area contributed by atoms with E-state index in [0.717, 1.165) is 16.6 Å². The van der Waals surface area contributed by atoms with E-state index in [4.69, 9.17) is 16.9 Å². The maximum atomic E-state index is 12.1. The summed E-state index contributed by atoms with van der Waals surface area (Å²) in [6.07, 6.45) is 1.56. The van der Waals surface area contributed by atoms with Crippen LogP contribution in [0.4, 0.5) is 5.69 Å². The van der Waals surface area contributed by atoms with Crippen molar-refractivity contribution in [2.45, 2.75) is 6.54 Å². The van der Waals surface area contributed by atoms with Crippen LogP contribution in [0.15, 0.2) is 47.4 Å². The molecule has 0 spiro atoms. The van der Waals surface area contributed by atoms with Gasteiger partial charge in [-0.1, -0.05) is 11.6 Å². The van der Waals surface area contributed by atoms with Gasteiger partial charge in [0.15, 0.2) is 0 Å². The predicted molar refractivity (Wildman–Crippen MR) is 85.9 cm³/mol. The summed E-state index contributed by atoms with van der Waals surface area (Å²) in [7, 11) is 0. The fraction of sp³-hybridized carbons (Fsp3) is 0.0625. The molecule has 3 rings (SSSR count). The van der Waals surface area contributed by atoms with Gasteiger partial charge in [0.25, 0.3) is 5.56 Å². The number of aromatic amines is 1. The van der Waals surface area contributed by atoms with Crippen LogP contribution < -0.4 is 10.9 Å². The van der Waals surface area contributed by atoms with Crippen LogP contribution >= 0.6 is 11.6 Å². The van der Waals surface area contributed by atoms with E-state index in [9.17, 15) is 4.79 Å². The van der Waals surface area contributed by atoms with Crippen molar-refractivity contribution in [2.24, 2.45) is 0 Å². The Bertz CT molecular complexity index is 926. The number of hydrogen-bond acceptors (Lipinski definition) is 4. The molecular formula is C16H11ClN4O. The molecule has 0 atom stereocenters. The van der Waals surface area contributed by atoms with E-state index in [2.05, 4.69) is 15.3 Å². The lowest BCUT2D eigenvalue weighted by Crippen LogP contribution is -2.15. The molecule has 0 saturated heterocycles. The molecule has 0 radical (unpaired) electrons. The molecular weight excluding hydrogens is 300 g/mol. The molecule has 5 nitrogen and oxygen atoms in total. The average molecular weight is 311 g/mol. The van der Waals surface area contributed by atoms with Gasteiger partial charge < -0.3 is 10.3 Å². The molecule has 0 bridgehead atoms.